The fourth-order valence-electron chi connectivity index (χ4n) is 6.18. The molecule has 126 valence electrons. The zero-order valence-corrected chi connectivity index (χ0v) is 14.6. The number of nitrogens with zero attached hydrogens (tertiary/aromatic N) is 1. The third kappa shape index (κ3) is 2.80. The normalized spacial score (nSPS) is 44.5. The molecule has 1 amide bonds. The minimum Gasteiger partial charge on any atom is -0.342 e. The van der Waals surface area contributed by atoms with Crippen LogP contribution in [-0.4, -0.2) is 29.9 Å². The molecule has 4 saturated carbocycles. The lowest BCUT2D eigenvalue weighted by molar-refractivity contribution is -0.151. The van der Waals surface area contributed by atoms with Gasteiger partial charge in [0.2, 0.25) is 5.91 Å². The second-order valence-electron chi connectivity index (χ2n) is 8.50. The van der Waals surface area contributed by atoms with Crippen molar-refractivity contribution in [1.82, 2.24) is 4.90 Å². The Bertz CT molecular complexity index is 397. The maximum absolute atomic E-state index is 13.1. The monoisotopic (exact) mass is 326 g/mol. The molecular weight excluding hydrogens is 296 g/mol. The lowest BCUT2D eigenvalue weighted by Crippen LogP contribution is -2.54. The Kier molecular flexibility index (Phi) is 4.76. The van der Waals surface area contributed by atoms with Gasteiger partial charge in [0.25, 0.3) is 0 Å². The molecule has 0 aromatic rings. The van der Waals surface area contributed by atoms with Crippen molar-refractivity contribution in [3.63, 3.8) is 0 Å². The van der Waals surface area contributed by atoms with E-state index in [1.807, 2.05) is 0 Å². The van der Waals surface area contributed by atoms with Gasteiger partial charge in [-0.2, -0.15) is 0 Å². The molecule has 4 heteroatoms. The van der Waals surface area contributed by atoms with Crippen LogP contribution >= 0.6 is 12.4 Å². The summed E-state index contributed by atoms with van der Waals surface area (Å²) >= 11 is 0. The van der Waals surface area contributed by atoms with Crippen LogP contribution in [0.3, 0.4) is 0 Å². The van der Waals surface area contributed by atoms with Gasteiger partial charge in [-0.25, -0.2) is 0 Å². The number of nitrogens with two attached hydrogens (primary N) is 1. The van der Waals surface area contributed by atoms with E-state index in [-0.39, 0.29) is 18.4 Å². The Hall–Kier alpha value is -0.280. The Labute approximate surface area is 140 Å². The minimum absolute atomic E-state index is 0. The van der Waals surface area contributed by atoms with Crippen LogP contribution in [0.4, 0.5) is 0 Å². The average molecular weight is 327 g/mol. The van der Waals surface area contributed by atoms with Gasteiger partial charge in [0.05, 0.1) is 0 Å². The summed E-state index contributed by atoms with van der Waals surface area (Å²) in [7, 11) is 0. The summed E-state index contributed by atoms with van der Waals surface area (Å²) in [5, 5.41) is 0. The van der Waals surface area contributed by atoms with Crippen LogP contribution in [0.1, 0.15) is 51.9 Å². The van der Waals surface area contributed by atoms with Gasteiger partial charge in [-0.05, 0) is 81.5 Å². The molecule has 2 atom stereocenters. The highest BCUT2D eigenvalue weighted by Crippen LogP contribution is 2.57. The fraction of sp³-hybridized carbons (Fsp3) is 0.944. The Morgan fingerprint density at radius 3 is 2.23 bits per heavy atom. The average Bonchev–Trinajstić information content (AvgIpc) is 2.46. The number of halogens is 1. The van der Waals surface area contributed by atoms with Gasteiger partial charge < -0.3 is 10.6 Å². The van der Waals surface area contributed by atoms with Crippen LogP contribution in [0.2, 0.25) is 0 Å². The maximum Gasteiger partial charge on any atom is 0.226 e. The summed E-state index contributed by atoms with van der Waals surface area (Å²) in [6.07, 6.45) is 9.17. The molecule has 0 aromatic heterocycles. The van der Waals surface area contributed by atoms with Crippen LogP contribution < -0.4 is 5.73 Å². The standard InChI is InChI=1S/C18H30N2O.ClH/c1-11(19)14-3-2-4-20(10-14)18(21)17-15-6-12-5-13(8-15)9-16(17)7-12;/h11-17H,2-10,19H2,1H3;1H. The van der Waals surface area contributed by atoms with E-state index < -0.39 is 0 Å². The number of piperidine rings is 1. The molecule has 5 aliphatic rings. The van der Waals surface area contributed by atoms with Crippen molar-refractivity contribution in [1.29, 1.82) is 0 Å². The molecule has 0 spiro atoms. The van der Waals surface area contributed by atoms with Crippen LogP contribution in [0.25, 0.3) is 0 Å². The van der Waals surface area contributed by atoms with E-state index in [0.717, 1.165) is 31.3 Å². The highest BCUT2D eigenvalue weighted by atomic mass is 35.5. The SMILES string of the molecule is CC(N)C1CCCN(C(=O)C2C3CC4CC(C3)CC2C4)C1.Cl. The number of hydrogen-bond acceptors (Lipinski definition) is 2. The molecular formula is C18H31ClN2O. The molecule has 4 bridgehead atoms. The van der Waals surface area contributed by atoms with Crippen molar-refractivity contribution in [3.8, 4) is 0 Å². The van der Waals surface area contributed by atoms with E-state index in [1.54, 1.807) is 0 Å². The largest absolute Gasteiger partial charge is 0.342 e. The van der Waals surface area contributed by atoms with Crippen LogP contribution in [0.5, 0.6) is 0 Å². The number of carbonyl (C=O) groups is 1. The van der Waals surface area contributed by atoms with E-state index in [2.05, 4.69) is 11.8 Å². The Morgan fingerprint density at radius 1 is 1.09 bits per heavy atom. The van der Waals surface area contributed by atoms with Crippen LogP contribution in [-0.2, 0) is 4.79 Å². The topological polar surface area (TPSA) is 46.3 Å². The van der Waals surface area contributed by atoms with Gasteiger partial charge in [-0.1, -0.05) is 0 Å². The lowest BCUT2D eigenvalue weighted by Gasteiger charge is -2.54. The highest BCUT2D eigenvalue weighted by molar-refractivity contribution is 5.85. The van der Waals surface area contributed by atoms with Crippen molar-refractivity contribution in [2.75, 3.05) is 13.1 Å². The van der Waals surface area contributed by atoms with Gasteiger partial charge in [-0.3, -0.25) is 4.79 Å². The zero-order chi connectivity index (χ0) is 14.6. The smallest absolute Gasteiger partial charge is 0.226 e. The predicted molar refractivity (Wildman–Crippen MR) is 90.7 cm³/mol. The summed E-state index contributed by atoms with van der Waals surface area (Å²) in [4.78, 5) is 15.3. The molecule has 1 saturated heterocycles. The summed E-state index contributed by atoms with van der Waals surface area (Å²) in [6, 6.07) is 0.221. The number of amides is 1. The number of carbonyl (C=O) groups excluding carboxylic acids is 1. The molecule has 3 nitrogen and oxygen atoms in total. The lowest BCUT2D eigenvalue weighted by atomic mass is 9.51. The molecule has 2 N–H and O–H groups in total. The van der Waals surface area contributed by atoms with E-state index in [4.69, 9.17) is 5.73 Å². The molecule has 2 unspecified atom stereocenters. The molecule has 1 heterocycles. The number of likely N-dealkylation sites (tertiary alicyclic amines) is 1. The molecule has 22 heavy (non-hydrogen) atoms. The predicted octanol–water partition coefficient (Wildman–Crippen LogP) is 3.07. The summed E-state index contributed by atoms with van der Waals surface area (Å²) in [6.45, 7) is 3.99. The van der Waals surface area contributed by atoms with Crippen molar-refractivity contribution in [3.05, 3.63) is 0 Å². The second-order valence-corrected chi connectivity index (χ2v) is 8.50. The van der Waals surface area contributed by atoms with Crippen LogP contribution in [0.15, 0.2) is 0 Å². The summed E-state index contributed by atoms with van der Waals surface area (Å²) in [5.41, 5.74) is 6.09. The van der Waals surface area contributed by atoms with Crippen molar-refractivity contribution < 1.29 is 4.79 Å². The zero-order valence-electron chi connectivity index (χ0n) is 13.7. The van der Waals surface area contributed by atoms with Crippen molar-refractivity contribution in [2.24, 2.45) is 41.2 Å². The van der Waals surface area contributed by atoms with Gasteiger partial charge in [0, 0.05) is 25.0 Å². The highest BCUT2D eigenvalue weighted by Gasteiger charge is 2.51. The summed E-state index contributed by atoms with van der Waals surface area (Å²) < 4.78 is 0. The first-order chi connectivity index (χ1) is 10.1. The van der Waals surface area contributed by atoms with E-state index in [9.17, 15) is 4.79 Å². The van der Waals surface area contributed by atoms with Gasteiger partial charge in [0.1, 0.15) is 0 Å². The van der Waals surface area contributed by atoms with Gasteiger partial charge in [0.15, 0.2) is 0 Å². The third-order valence-corrected chi connectivity index (χ3v) is 7.02. The number of hydrogen-bond donors (Lipinski definition) is 1. The molecule has 5 rings (SSSR count). The molecule has 5 fully saturated rings. The third-order valence-electron chi connectivity index (χ3n) is 7.02. The molecule has 1 aliphatic heterocycles. The van der Waals surface area contributed by atoms with E-state index in [1.165, 1.54) is 38.5 Å². The fourth-order valence-corrected chi connectivity index (χ4v) is 6.18. The molecule has 0 radical (unpaired) electrons. The van der Waals surface area contributed by atoms with Crippen molar-refractivity contribution >= 4 is 18.3 Å². The van der Waals surface area contributed by atoms with E-state index >= 15 is 0 Å². The first-order valence-corrected chi connectivity index (χ1v) is 9.16. The Balaban J connectivity index is 0.00000144. The Morgan fingerprint density at radius 2 is 1.68 bits per heavy atom. The first-order valence-electron chi connectivity index (χ1n) is 9.16. The van der Waals surface area contributed by atoms with Crippen molar-refractivity contribution in [2.45, 2.75) is 57.9 Å². The van der Waals surface area contributed by atoms with Gasteiger partial charge in [-0.15, -0.1) is 12.4 Å². The maximum atomic E-state index is 13.1. The molecule has 4 aliphatic carbocycles. The minimum atomic E-state index is 0. The number of rotatable bonds is 2. The van der Waals surface area contributed by atoms with Gasteiger partial charge >= 0.3 is 0 Å². The van der Waals surface area contributed by atoms with E-state index in [0.29, 0.717) is 29.6 Å². The first kappa shape index (κ1) is 16.6. The van der Waals surface area contributed by atoms with Crippen LogP contribution in [0, 0.1) is 35.5 Å². The second kappa shape index (κ2) is 6.32. The summed E-state index contributed by atoms with van der Waals surface area (Å²) in [5.74, 6) is 4.71. The molecule has 0 aromatic carbocycles. The quantitative estimate of drug-likeness (QED) is 0.847.